The minimum Gasteiger partial charge on any atom is -0.394 e. The molecule has 7 heteroatoms. The van der Waals surface area contributed by atoms with Crippen LogP contribution in [0, 0.1) is 6.92 Å². The molecule has 2 N–H and O–H groups in total. The minimum absolute atomic E-state index is 0.0181. The maximum atomic E-state index is 12.1. The van der Waals surface area contributed by atoms with Crippen molar-refractivity contribution in [2.24, 2.45) is 0 Å². The smallest absolute Gasteiger partial charge is 0.293 e. The van der Waals surface area contributed by atoms with Crippen molar-refractivity contribution in [3.63, 3.8) is 0 Å². The minimum atomic E-state index is -0.220. The van der Waals surface area contributed by atoms with Gasteiger partial charge in [-0.25, -0.2) is 4.98 Å². The molecular weight excluding hydrogens is 236 g/mol. The van der Waals surface area contributed by atoms with E-state index in [0.717, 1.165) is 0 Å². The van der Waals surface area contributed by atoms with Gasteiger partial charge in [-0.15, -0.1) is 5.10 Å². The second-order valence-corrected chi connectivity index (χ2v) is 4.17. The molecule has 0 saturated carbocycles. The highest BCUT2D eigenvalue weighted by Crippen LogP contribution is 2.04. The lowest BCUT2D eigenvalue weighted by Gasteiger charge is -2.25. The van der Waals surface area contributed by atoms with Gasteiger partial charge in [0.2, 0.25) is 5.82 Å². The Balaban J connectivity index is 2.58. The Morgan fingerprint density at radius 1 is 1.50 bits per heavy atom. The van der Waals surface area contributed by atoms with Crippen molar-refractivity contribution in [1.82, 2.24) is 20.1 Å². The molecule has 1 aromatic rings. The van der Waals surface area contributed by atoms with E-state index in [1.54, 1.807) is 11.8 Å². The van der Waals surface area contributed by atoms with Gasteiger partial charge in [-0.3, -0.25) is 9.89 Å². The fraction of sp³-hybridized carbons (Fsp3) is 0.727. The Labute approximate surface area is 106 Å². The summed E-state index contributed by atoms with van der Waals surface area (Å²) in [6.45, 7) is 6.67. The van der Waals surface area contributed by atoms with Crippen LogP contribution in [0.1, 0.15) is 30.3 Å². The lowest BCUT2D eigenvalue weighted by molar-refractivity contribution is 0.0498. The molecule has 0 aliphatic carbocycles. The molecule has 7 nitrogen and oxygen atoms in total. The maximum Gasteiger partial charge on any atom is 0.293 e. The van der Waals surface area contributed by atoms with E-state index in [2.05, 4.69) is 15.2 Å². The predicted molar refractivity (Wildman–Crippen MR) is 65.2 cm³/mol. The molecule has 102 valence electrons. The van der Waals surface area contributed by atoms with E-state index in [-0.39, 0.29) is 31.0 Å². The molecule has 0 bridgehead atoms. The number of aliphatic hydroxyl groups is 1. The van der Waals surface area contributed by atoms with Gasteiger partial charge in [-0.1, -0.05) is 0 Å². The van der Waals surface area contributed by atoms with E-state index in [0.29, 0.717) is 19.0 Å². The summed E-state index contributed by atoms with van der Waals surface area (Å²) in [7, 11) is 0. The zero-order chi connectivity index (χ0) is 13.5. The summed E-state index contributed by atoms with van der Waals surface area (Å²) in [4.78, 5) is 17.8. The summed E-state index contributed by atoms with van der Waals surface area (Å²) >= 11 is 0. The van der Waals surface area contributed by atoms with E-state index in [9.17, 15) is 4.79 Å². The number of H-pyrrole nitrogens is 1. The third-order valence-corrected chi connectivity index (χ3v) is 2.38. The molecule has 0 saturated heterocycles. The molecule has 0 aliphatic rings. The lowest BCUT2D eigenvalue weighted by Crippen LogP contribution is -2.40. The number of nitrogens with one attached hydrogen (secondary N) is 1. The van der Waals surface area contributed by atoms with Crippen molar-refractivity contribution in [2.45, 2.75) is 26.8 Å². The Bertz CT molecular complexity index is 378. The van der Waals surface area contributed by atoms with E-state index in [1.165, 1.54) is 0 Å². The number of nitrogens with zero attached hydrogens (tertiary/aromatic N) is 3. The predicted octanol–water partition coefficient (Wildman–Crippen LogP) is -0.0274. The molecule has 1 amide bonds. The molecule has 18 heavy (non-hydrogen) atoms. The number of carbonyl (C=O) groups is 1. The Kier molecular flexibility index (Phi) is 5.73. The van der Waals surface area contributed by atoms with Gasteiger partial charge in [0.05, 0.1) is 19.8 Å². The second-order valence-electron chi connectivity index (χ2n) is 4.17. The van der Waals surface area contributed by atoms with Gasteiger partial charge in [0, 0.05) is 12.6 Å². The number of hydrogen-bond acceptors (Lipinski definition) is 5. The maximum absolute atomic E-state index is 12.1. The van der Waals surface area contributed by atoms with E-state index in [4.69, 9.17) is 9.84 Å². The highest BCUT2D eigenvalue weighted by Gasteiger charge is 2.21. The van der Waals surface area contributed by atoms with E-state index < -0.39 is 0 Å². The first-order valence-electron chi connectivity index (χ1n) is 5.94. The standard InChI is InChI=1S/C11H20N4O3/c1-8(2)15(4-6-18-7-5-16)11(17)10-12-9(3)13-14-10/h8,16H,4-7H2,1-3H3,(H,12,13,14). The van der Waals surface area contributed by atoms with Gasteiger partial charge in [0.25, 0.3) is 5.91 Å². The van der Waals surface area contributed by atoms with Crippen LogP contribution >= 0.6 is 0 Å². The van der Waals surface area contributed by atoms with Crippen LogP contribution in [0.25, 0.3) is 0 Å². The monoisotopic (exact) mass is 256 g/mol. The molecule has 1 rings (SSSR count). The van der Waals surface area contributed by atoms with Crippen LogP contribution in [-0.2, 0) is 4.74 Å². The van der Waals surface area contributed by atoms with Crippen molar-refractivity contribution in [3.05, 3.63) is 11.6 Å². The number of aryl methyl sites for hydroxylation is 1. The zero-order valence-electron chi connectivity index (χ0n) is 11.0. The van der Waals surface area contributed by atoms with Gasteiger partial charge in [0.1, 0.15) is 5.82 Å². The average molecular weight is 256 g/mol. The molecule has 0 radical (unpaired) electrons. The number of carbonyl (C=O) groups excluding carboxylic acids is 1. The Morgan fingerprint density at radius 2 is 2.22 bits per heavy atom. The van der Waals surface area contributed by atoms with Crippen LogP contribution in [0.4, 0.5) is 0 Å². The SMILES string of the molecule is Cc1nc(C(=O)N(CCOCCO)C(C)C)n[nH]1. The largest absolute Gasteiger partial charge is 0.394 e. The van der Waals surface area contributed by atoms with Crippen LogP contribution in [0.5, 0.6) is 0 Å². The van der Waals surface area contributed by atoms with Crippen molar-refractivity contribution >= 4 is 5.91 Å². The van der Waals surface area contributed by atoms with Crippen LogP contribution in [-0.4, -0.2) is 63.5 Å². The van der Waals surface area contributed by atoms with Crippen LogP contribution in [0.3, 0.4) is 0 Å². The van der Waals surface area contributed by atoms with Crippen molar-refractivity contribution in [2.75, 3.05) is 26.4 Å². The fourth-order valence-corrected chi connectivity index (χ4v) is 1.49. The number of rotatable bonds is 7. The number of aromatic amines is 1. The third-order valence-electron chi connectivity index (χ3n) is 2.38. The Morgan fingerprint density at radius 3 is 2.72 bits per heavy atom. The molecule has 1 heterocycles. The fourth-order valence-electron chi connectivity index (χ4n) is 1.49. The topological polar surface area (TPSA) is 91.3 Å². The highest BCUT2D eigenvalue weighted by atomic mass is 16.5. The first-order chi connectivity index (χ1) is 8.56. The number of aliphatic hydroxyl groups excluding tert-OH is 1. The van der Waals surface area contributed by atoms with Gasteiger partial charge in [0.15, 0.2) is 0 Å². The molecule has 0 fully saturated rings. The van der Waals surface area contributed by atoms with Crippen LogP contribution in [0.2, 0.25) is 0 Å². The summed E-state index contributed by atoms with van der Waals surface area (Å²) in [5.41, 5.74) is 0. The molecule has 0 aromatic carbocycles. The zero-order valence-corrected chi connectivity index (χ0v) is 11.0. The molecule has 0 spiro atoms. The quantitative estimate of drug-likeness (QED) is 0.669. The molecule has 0 atom stereocenters. The first kappa shape index (κ1) is 14.6. The number of ether oxygens (including phenoxy) is 1. The van der Waals surface area contributed by atoms with Gasteiger partial charge in [-0.05, 0) is 20.8 Å². The Hall–Kier alpha value is -1.47. The summed E-state index contributed by atoms with van der Waals surface area (Å²) in [5, 5.41) is 15.1. The van der Waals surface area contributed by atoms with Crippen molar-refractivity contribution in [3.8, 4) is 0 Å². The summed E-state index contributed by atoms with van der Waals surface area (Å²) < 4.78 is 5.16. The molecule has 0 aliphatic heterocycles. The average Bonchev–Trinajstić information content (AvgIpc) is 2.75. The number of amides is 1. The molecular formula is C11H20N4O3. The summed E-state index contributed by atoms with van der Waals surface area (Å²) in [6, 6.07) is 0.0361. The van der Waals surface area contributed by atoms with Crippen molar-refractivity contribution in [1.29, 1.82) is 0 Å². The first-order valence-corrected chi connectivity index (χ1v) is 5.94. The normalized spacial score (nSPS) is 10.9. The van der Waals surface area contributed by atoms with E-state index in [1.807, 2.05) is 13.8 Å². The van der Waals surface area contributed by atoms with Crippen molar-refractivity contribution < 1.29 is 14.6 Å². The van der Waals surface area contributed by atoms with Gasteiger partial charge < -0.3 is 14.7 Å². The summed E-state index contributed by atoms with van der Waals surface area (Å²) in [5.74, 6) is 0.559. The number of aromatic nitrogens is 3. The van der Waals surface area contributed by atoms with Crippen LogP contribution < -0.4 is 0 Å². The molecule has 1 aromatic heterocycles. The summed E-state index contributed by atoms with van der Waals surface area (Å²) in [6.07, 6.45) is 0. The van der Waals surface area contributed by atoms with E-state index >= 15 is 0 Å². The highest BCUT2D eigenvalue weighted by molar-refractivity contribution is 5.90. The van der Waals surface area contributed by atoms with Gasteiger partial charge >= 0.3 is 0 Å². The molecule has 0 unspecified atom stereocenters. The van der Waals surface area contributed by atoms with Crippen LogP contribution in [0.15, 0.2) is 0 Å². The second kappa shape index (κ2) is 7.07. The lowest BCUT2D eigenvalue weighted by atomic mass is 10.3. The number of hydrogen-bond donors (Lipinski definition) is 2. The third kappa shape index (κ3) is 4.08. The van der Waals surface area contributed by atoms with Gasteiger partial charge in [-0.2, -0.15) is 0 Å².